The Kier molecular flexibility index (Phi) is 3.59. The van der Waals surface area contributed by atoms with Crippen LogP contribution in [0.4, 0.5) is 16.1 Å². The molecule has 2 aromatic carbocycles. The summed E-state index contributed by atoms with van der Waals surface area (Å²) in [7, 11) is 0. The van der Waals surface area contributed by atoms with E-state index in [1.54, 1.807) is 6.07 Å². The number of aromatic nitrogens is 1. The summed E-state index contributed by atoms with van der Waals surface area (Å²) in [6, 6.07) is 12.1. The number of nitrogens with zero attached hydrogens (tertiary/aromatic N) is 1. The number of ether oxygens (including phenoxy) is 2. The molecule has 1 aromatic heterocycles. The molecule has 0 aliphatic carbocycles. The van der Waals surface area contributed by atoms with Crippen LogP contribution < -0.4 is 10.1 Å². The van der Waals surface area contributed by atoms with Crippen LogP contribution in [0, 0.1) is 5.82 Å². The first-order chi connectivity index (χ1) is 11.3. The molecular weight excluding hydrogens is 299 g/mol. The Balaban J connectivity index is 1.46. The number of rotatable bonds is 4. The van der Waals surface area contributed by atoms with E-state index in [1.807, 2.05) is 24.3 Å². The van der Waals surface area contributed by atoms with Crippen LogP contribution in [0.3, 0.4) is 0 Å². The molecule has 1 aliphatic heterocycles. The molecule has 0 unspecified atom stereocenters. The van der Waals surface area contributed by atoms with E-state index in [-0.39, 0.29) is 11.9 Å². The number of benzene rings is 2. The van der Waals surface area contributed by atoms with Gasteiger partial charge in [0.2, 0.25) is 0 Å². The second-order valence-electron chi connectivity index (χ2n) is 5.38. The molecule has 1 atom stereocenters. The summed E-state index contributed by atoms with van der Waals surface area (Å²) >= 11 is 0. The van der Waals surface area contributed by atoms with Gasteiger partial charge in [-0.1, -0.05) is 0 Å². The Morgan fingerprint density at radius 2 is 2.04 bits per heavy atom. The molecule has 1 fully saturated rings. The zero-order chi connectivity index (χ0) is 15.6. The van der Waals surface area contributed by atoms with E-state index < -0.39 is 0 Å². The molecule has 118 valence electrons. The van der Waals surface area contributed by atoms with Gasteiger partial charge >= 0.3 is 0 Å². The Morgan fingerprint density at radius 1 is 1.17 bits per heavy atom. The summed E-state index contributed by atoms with van der Waals surface area (Å²) in [6.07, 6.45) is 1.04. The molecule has 4 rings (SSSR count). The fraction of sp³-hybridized carbons (Fsp3) is 0.235. The second-order valence-corrected chi connectivity index (χ2v) is 5.38. The van der Waals surface area contributed by atoms with E-state index in [9.17, 15) is 4.39 Å². The lowest BCUT2D eigenvalue weighted by molar-refractivity contribution is 0.141. The molecule has 6 heteroatoms. The third-order valence-corrected chi connectivity index (χ3v) is 3.65. The van der Waals surface area contributed by atoms with Gasteiger partial charge in [0.1, 0.15) is 23.2 Å². The zero-order valence-electron chi connectivity index (χ0n) is 12.3. The molecule has 0 saturated carbocycles. The minimum Gasteiger partial charge on any atom is -0.488 e. The van der Waals surface area contributed by atoms with Crippen molar-refractivity contribution in [2.24, 2.45) is 0 Å². The minimum absolute atomic E-state index is 0.126. The number of nitrogens with one attached hydrogen (secondary N) is 1. The number of hydrogen-bond donors (Lipinski definition) is 1. The smallest absolute Gasteiger partial charge is 0.300 e. The molecule has 3 aromatic rings. The van der Waals surface area contributed by atoms with Gasteiger partial charge < -0.3 is 19.2 Å². The van der Waals surface area contributed by atoms with E-state index in [0.29, 0.717) is 23.7 Å². The standard InChI is InChI=1S/C17H15FN2O3/c18-11-1-6-16-15(9-11)20-17(23-16)19-12-2-4-13(5-3-12)22-14-7-8-21-10-14/h1-6,9,14H,7-8,10H2,(H,19,20)/t14-/m0/s1. The van der Waals surface area contributed by atoms with Crippen LogP contribution in [0.15, 0.2) is 46.9 Å². The SMILES string of the molecule is Fc1ccc2oc(Nc3ccc(O[C@H]4CCOC4)cc3)nc2c1. The van der Waals surface area contributed by atoms with Crippen molar-refractivity contribution in [1.82, 2.24) is 4.98 Å². The normalized spacial score (nSPS) is 17.5. The maximum atomic E-state index is 13.2. The highest BCUT2D eigenvalue weighted by atomic mass is 19.1. The lowest BCUT2D eigenvalue weighted by Gasteiger charge is -2.12. The number of oxazole rings is 1. The largest absolute Gasteiger partial charge is 0.488 e. The van der Waals surface area contributed by atoms with Gasteiger partial charge in [-0.15, -0.1) is 0 Å². The summed E-state index contributed by atoms with van der Waals surface area (Å²) in [5.74, 6) is 0.459. The molecule has 0 bridgehead atoms. The first-order valence-corrected chi connectivity index (χ1v) is 7.44. The molecule has 2 heterocycles. The lowest BCUT2D eigenvalue weighted by Crippen LogP contribution is -2.15. The average molecular weight is 314 g/mol. The fourth-order valence-corrected chi connectivity index (χ4v) is 2.49. The summed E-state index contributed by atoms with van der Waals surface area (Å²) < 4.78 is 29.8. The fourth-order valence-electron chi connectivity index (χ4n) is 2.49. The third kappa shape index (κ3) is 3.12. The number of halogens is 1. The third-order valence-electron chi connectivity index (χ3n) is 3.65. The van der Waals surface area contributed by atoms with Crippen molar-refractivity contribution >= 4 is 22.8 Å². The molecule has 0 spiro atoms. The highest BCUT2D eigenvalue weighted by molar-refractivity contribution is 5.75. The predicted molar refractivity (Wildman–Crippen MR) is 83.5 cm³/mol. The number of anilines is 2. The van der Waals surface area contributed by atoms with Crippen molar-refractivity contribution in [3.05, 3.63) is 48.3 Å². The van der Waals surface area contributed by atoms with Crippen molar-refractivity contribution in [1.29, 1.82) is 0 Å². The molecule has 1 saturated heterocycles. The van der Waals surface area contributed by atoms with Crippen molar-refractivity contribution in [3.8, 4) is 5.75 Å². The molecular formula is C17H15FN2O3. The average Bonchev–Trinajstić information content (AvgIpc) is 3.18. The van der Waals surface area contributed by atoms with Gasteiger partial charge in [0.25, 0.3) is 6.01 Å². The van der Waals surface area contributed by atoms with Gasteiger partial charge in [0.15, 0.2) is 5.58 Å². The molecule has 1 N–H and O–H groups in total. The summed E-state index contributed by atoms with van der Waals surface area (Å²) in [5, 5.41) is 3.05. The molecule has 1 aliphatic rings. The van der Waals surface area contributed by atoms with Crippen molar-refractivity contribution in [3.63, 3.8) is 0 Å². The van der Waals surface area contributed by atoms with Gasteiger partial charge in [0.05, 0.1) is 13.2 Å². The van der Waals surface area contributed by atoms with E-state index in [1.165, 1.54) is 12.1 Å². The van der Waals surface area contributed by atoms with Gasteiger partial charge in [0, 0.05) is 18.2 Å². The van der Waals surface area contributed by atoms with E-state index >= 15 is 0 Å². The van der Waals surface area contributed by atoms with E-state index in [0.717, 1.165) is 24.5 Å². The Labute approximate surface area is 132 Å². The maximum absolute atomic E-state index is 13.2. The van der Waals surface area contributed by atoms with Crippen LogP contribution in [-0.2, 0) is 4.74 Å². The van der Waals surface area contributed by atoms with Crippen LogP contribution >= 0.6 is 0 Å². The van der Waals surface area contributed by atoms with Crippen LogP contribution in [0.5, 0.6) is 5.75 Å². The maximum Gasteiger partial charge on any atom is 0.300 e. The second kappa shape index (κ2) is 5.89. The van der Waals surface area contributed by atoms with Crippen molar-refractivity contribution in [2.45, 2.75) is 12.5 Å². The Hall–Kier alpha value is -2.60. The monoisotopic (exact) mass is 314 g/mol. The van der Waals surface area contributed by atoms with E-state index in [4.69, 9.17) is 13.9 Å². The van der Waals surface area contributed by atoms with Gasteiger partial charge in [-0.2, -0.15) is 4.98 Å². The molecule has 23 heavy (non-hydrogen) atoms. The first-order valence-electron chi connectivity index (χ1n) is 7.44. The lowest BCUT2D eigenvalue weighted by atomic mass is 10.3. The molecule has 0 amide bonds. The summed E-state index contributed by atoms with van der Waals surface area (Å²) in [6.45, 7) is 1.39. The van der Waals surface area contributed by atoms with Crippen LogP contribution in [0.1, 0.15) is 6.42 Å². The minimum atomic E-state index is -0.338. The predicted octanol–water partition coefficient (Wildman–Crippen LogP) is 3.88. The van der Waals surface area contributed by atoms with Crippen molar-refractivity contribution in [2.75, 3.05) is 18.5 Å². The van der Waals surface area contributed by atoms with Crippen LogP contribution in [-0.4, -0.2) is 24.3 Å². The Bertz CT molecular complexity index is 810. The molecule has 5 nitrogen and oxygen atoms in total. The molecule has 0 radical (unpaired) electrons. The number of fused-ring (bicyclic) bond motifs is 1. The van der Waals surface area contributed by atoms with Gasteiger partial charge in [-0.05, 0) is 36.4 Å². The van der Waals surface area contributed by atoms with Crippen LogP contribution in [0.25, 0.3) is 11.1 Å². The van der Waals surface area contributed by atoms with E-state index in [2.05, 4.69) is 10.3 Å². The van der Waals surface area contributed by atoms with Crippen LogP contribution in [0.2, 0.25) is 0 Å². The Morgan fingerprint density at radius 3 is 2.83 bits per heavy atom. The van der Waals surface area contributed by atoms with Gasteiger partial charge in [-0.3, -0.25) is 0 Å². The summed E-state index contributed by atoms with van der Waals surface area (Å²) in [5.41, 5.74) is 1.83. The highest BCUT2D eigenvalue weighted by Crippen LogP contribution is 2.25. The zero-order valence-corrected chi connectivity index (χ0v) is 12.3. The highest BCUT2D eigenvalue weighted by Gasteiger charge is 2.17. The van der Waals surface area contributed by atoms with Crippen molar-refractivity contribution < 1.29 is 18.3 Å². The van der Waals surface area contributed by atoms with Gasteiger partial charge in [-0.25, -0.2) is 4.39 Å². The summed E-state index contributed by atoms with van der Waals surface area (Å²) in [4.78, 5) is 4.21. The first kappa shape index (κ1) is 14.0. The topological polar surface area (TPSA) is 56.5 Å². The quantitative estimate of drug-likeness (QED) is 0.792. The number of hydrogen-bond acceptors (Lipinski definition) is 5.